The molecule has 1 aromatic carbocycles. The molecule has 0 spiro atoms. The smallest absolute Gasteiger partial charge is 0.260 e. The Hall–Kier alpha value is -0.870. The van der Waals surface area contributed by atoms with Crippen molar-refractivity contribution in [2.24, 2.45) is 5.92 Å². The monoisotopic (exact) mass is 261 g/mol. The zero-order valence-corrected chi connectivity index (χ0v) is 10.0. The zero-order valence-electron chi connectivity index (χ0n) is 9.26. The third-order valence-electron chi connectivity index (χ3n) is 2.70. The molecular formula is C12H14ClF2NO. The highest BCUT2D eigenvalue weighted by Crippen LogP contribution is 2.26. The van der Waals surface area contributed by atoms with E-state index >= 15 is 0 Å². The van der Waals surface area contributed by atoms with Gasteiger partial charge in [0, 0.05) is 23.9 Å². The van der Waals surface area contributed by atoms with E-state index in [4.69, 9.17) is 16.3 Å². The number of benzene rings is 1. The summed E-state index contributed by atoms with van der Waals surface area (Å²) in [4.78, 5) is 0. The molecule has 0 aromatic heterocycles. The van der Waals surface area contributed by atoms with Crippen LogP contribution in [0.15, 0.2) is 24.3 Å². The van der Waals surface area contributed by atoms with E-state index in [2.05, 4.69) is 5.32 Å². The molecule has 0 radical (unpaired) electrons. The third-order valence-corrected chi connectivity index (χ3v) is 2.96. The molecule has 1 heterocycles. The van der Waals surface area contributed by atoms with E-state index in [0.29, 0.717) is 23.9 Å². The van der Waals surface area contributed by atoms with Gasteiger partial charge in [0.15, 0.2) is 0 Å². The molecule has 1 fully saturated rings. The van der Waals surface area contributed by atoms with Crippen LogP contribution in [0.1, 0.15) is 6.42 Å². The number of ether oxygens (including phenoxy) is 1. The van der Waals surface area contributed by atoms with Gasteiger partial charge in [-0.3, -0.25) is 0 Å². The van der Waals surface area contributed by atoms with Gasteiger partial charge in [-0.1, -0.05) is 11.6 Å². The highest BCUT2D eigenvalue weighted by atomic mass is 35.5. The summed E-state index contributed by atoms with van der Waals surface area (Å²) in [6.45, 7) is 0.637. The van der Waals surface area contributed by atoms with Gasteiger partial charge in [-0.25, -0.2) is 8.78 Å². The minimum atomic E-state index is -2.62. The summed E-state index contributed by atoms with van der Waals surface area (Å²) in [5.41, 5.74) is 0. The fourth-order valence-electron chi connectivity index (χ4n) is 1.89. The second-order valence-electron chi connectivity index (χ2n) is 4.32. The second kappa shape index (κ2) is 5.19. The van der Waals surface area contributed by atoms with Gasteiger partial charge in [0.05, 0.1) is 13.2 Å². The van der Waals surface area contributed by atoms with Gasteiger partial charge in [0.2, 0.25) is 0 Å². The molecule has 1 aromatic rings. The molecule has 1 unspecified atom stereocenters. The molecule has 1 atom stereocenters. The first kappa shape index (κ1) is 12.6. The molecule has 0 aliphatic carbocycles. The van der Waals surface area contributed by atoms with Crippen LogP contribution >= 0.6 is 11.6 Å². The molecule has 1 N–H and O–H groups in total. The molecule has 2 rings (SSSR count). The molecular weight excluding hydrogens is 248 g/mol. The van der Waals surface area contributed by atoms with Crippen molar-refractivity contribution in [3.8, 4) is 5.75 Å². The van der Waals surface area contributed by atoms with Gasteiger partial charge in [-0.05, 0) is 24.3 Å². The topological polar surface area (TPSA) is 21.3 Å². The average molecular weight is 262 g/mol. The Labute approximate surface area is 104 Å². The second-order valence-corrected chi connectivity index (χ2v) is 4.76. The summed E-state index contributed by atoms with van der Waals surface area (Å²) >= 11 is 5.73. The van der Waals surface area contributed by atoms with Crippen LogP contribution in [0.25, 0.3) is 0 Å². The normalized spacial score (nSPS) is 23.4. The van der Waals surface area contributed by atoms with Gasteiger partial charge < -0.3 is 10.1 Å². The molecule has 1 aliphatic rings. The lowest BCUT2D eigenvalue weighted by molar-refractivity contribution is -0.0455. The summed E-state index contributed by atoms with van der Waals surface area (Å²) in [5.74, 6) is -2.12. The van der Waals surface area contributed by atoms with Crippen molar-refractivity contribution >= 4 is 11.6 Å². The van der Waals surface area contributed by atoms with Crippen molar-refractivity contribution in [3.63, 3.8) is 0 Å². The van der Waals surface area contributed by atoms with E-state index in [0.717, 1.165) is 0 Å². The molecule has 17 heavy (non-hydrogen) atoms. The molecule has 94 valence electrons. The largest absolute Gasteiger partial charge is 0.493 e. The van der Waals surface area contributed by atoms with Crippen LogP contribution in [0.4, 0.5) is 8.78 Å². The van der Waals surface area contributed by atoms with Crippen LogP contribution in [0.5, 0.6) is 5.75 Å². The maximum Gasteiger partial charge on any atom is 0.260 e. The van der Waals surface area contributed by atoms with Crippen LogP contribution in [0, 0.1) is 5.92 Å². The van der Waals surface area contributed by atoms with Gasteiger partial charge in [0.1, 0.15) is 5.75 Å². The third kappa shape index (κ3) is 3.82. The van der Waals surface area contributed by atoms with Gasteiger partial charge in [0.25, 0.3) is 5.92 Å². The number of hydrogen-bond donors (Lipinski definition) is 1. The predicted molar refractivity (Wildman–Crippen MR) is 62.9 cm³/mol. The Balaban J connectivity index is 1.84. The fourth-order valence-corrected chi connectivity index (χ4v) is 2.01. The van der Waals surface area contributed by atoms with E-state index in [1.165, 1.54) is 0 Å². The molecule has 0 bridgehead atoms. The van der Waals surface area contributed by atoms with Crippen molar-refractivity contribution < 1.29 is 13.5 Å². The molecule has 1 saturated heterocycles. The average Bonchev–Trinajstić information content (AvgIpc) is 2.27. The molecule has 5 heteroatoms. The quantitative estimate of drug-likeness (QED) is 0.903. The van der Waals surface area contributed by atoms with E-state index in [-0.39, 0.29) is 18.9 Å². The van der Waals surface area contributed by atoms with Crippen LogP contribution in [0.2, 0.25) is 5.02 Å². The Morgan fingerprint density at radius 2 is 2.06 bits per heavy atom. The van der Waals surface area contributed by atoms with Crippen molar-refractivity contribution in [2.75, 3.05) is 19.7 Å². The van der Waals surface area contributed by atoms with Crippen molar-refractivity contribution in [1.29, 1.82) is 0 Å². The first-order valence-electron chi connectivity index (χ1n) is 5.52. The van der Waals surface area contributed by atoms with Crippen LogP contribution < -0.4 is 10.1 Å². The number of nitrogens with one attached hydrogen (secondary N) is 1. The highest BCUT2D eigenvalue weighted by molar-refractivity contribution is 6.30. The number of halogens is 3. The molecule has 1 aliphatic heterocycles. The molecule has 0 saturated carbocycles. The van der Waals surface area contributed by atoms with Crippen LogP contribution in [-0.2, 0) is 0 Å². The Bertz CT molecular complexity index is 369. The Kier molecular flexibility index (Phi) is 3.84. The minimum Gasteiger partial charge on any atom is -0.493 e. The standard InChI is InChI=1S/C12H14ClF2NO/c13-10-1-3-11(4-2-10)17-7-9-5-12(14,15)8-16-6-9/h1-4,9,16H,5-8H2. The number of hydrogen-bond acceptors (Lipinski definition) is 2. The van der Waals surface area contributed by atoms with Gasteiger partial charge in [-0.2, -0.15) is 0 Å². The van der Waals surface area contributed by atoms with Crippen molar-refractivity contribution in [3.05, 3.63) is 29.3 Å². The van der Waals surface area contributed by atoms with E-state index in [1.807, 2.05) is 0 Å². The lowest BCUT2D eigenvalue weighted by Crippen LogP contribution is -2.45. The lowest BCUT2D eigenvalue weighted by atomic mass is 9.98. The zero-order chi connectivity index (χ0) is 12.3. The van der Waals surface area contributed by atoms with Gasteiger partial charge >= 0.3 is 0 Å². The van der Waals surface area contributed by atoms with E-state index in [9.17, 15) is 8.78 Å². The van der Waals surface area contributed by atoms with E-state index < -0.39 is 5.92 Å². The highest BCUT2D eigenvalue weighted by Gasteiger charge is 2.36. The number of piperidine rings is 1. The minimum absolute atomic E-state index is 0.117. The summed E-state index contributed by atoms with van der Waals surface area (Å²) in [6, 6.07) is 6.89. The summed E-state index contributed by atoms with van der Waals surface area (Å²) in [7, 11) is 0. The predicted octanol–water partition coefficient (Wildman–Crippen LogP) is 2.96. The van der Waals surface area contributed by atoms with Crippen LogP contribution in [-0.4, -0.2) is 25.6 Å². The first-order chi connectivity index (χ1) is 8.05. The van der Waals surface area contributed by atoms with Gasteiger partial charge in [-0.15, -0.1) is 0 Å². The SMILES string of the molecule is FC1(F)CNCC(COc2ccc(Cl)cc2)C1. The number of rotatable bonds is 3. The summed E-state index contributed by atoms with van der Waals surface area (Å²) in [6.07, 6.45) is -0.117. The first-order valence-corrected chi connectivity index (χ1v) is 5.90. The van der Waals surface area contributed by atoms with Crippen molar-refractivity contribution in [1.82, 2.24) is 5.32 Å². The summed E-state index contributed by atoms with van der Waals surface area (Å²) in [5, 5.41) is 3.35. The molecule has 0 amide bonds. The maximum absolute atomic E-state index is 13.1. The van der Waals surface area contributed by atoms with E-state index in [1.54, 1.807) is 24.3 Å². The fraction of sp³-hybridized carbons (Fsp3) is 0.500. The summed E-state index contributed by atoms with van der Waals surface area (Å²) < 4.78 is 31.7. The maximum atomic E-state index is 13.1. The Morgan fingerprint density at radius 1 is 1.35 bits per heavy atom. The lowest BCUT2D eigenvalue weighted by Gasteiger charge is -2.29. The van der Waals surface area contributed by atoms with Crippen molar-refractivity contribution in [2.45, 2.75) is 12.3 Å². The number of alkyl halides is 2. The molecule has 2 nitrogen and oxygen atoms in total. The van der Waals surface area contributed by atoms with Crippen LogP contribution in [0.3, 0.4) is 0 Å². The Morgan fingerprint density at radius 3 is 2.71 bits per heavy atom.